The van der Waals surface area contributed by atoms with Gasteiger partial charge in [0, 0.05) is 17.6 Å². The van der Waals surface area contributed by atoms with Gasteiger partial charge < -0.3 is 14.4 Å². The highest BCUT2D eigenvalue weighted by molar-refractivity contribution is 7.20. The molecule has 1 saturated heterocycles. The van der Waals surface area contributed by atoms with Gasteiger partial charge in [-0.25, -0.2) is 9.97 Å². The fourth-order valence-corrected chi connectivity index (χ4v) is 5.46. The molecule has 6 nitrogen and oxygen atoms in total. The van der Waals surface area contributed by atoms with Crippen molar-refractivity contribution in [2.75, 3.05) is 20.8 Å². The molecule has 7 heteroatoms. The largest absolute Gasteiger partial charge is 0.493 e. The molecular weight excluding hydrogens is 386 g/mol. The second-order valence-electron chi connectivity index (χ2n) is 7.36. The van der Waals surface area contributed by atoms with Crippen molar-refractivity contribution in [3.05, 3.63) is 45.7 Å². The minimum Gasteiger partial charge on any atom is -0.493 e. The molecule has 4 rings (SSSR count). The van der Waals surface area contributed by atoms with Crippen LogP contribution in [0.25, 0.3) is 10.2 Å². The Labute approximate surface area is 174 Å². The molecule has 1 aliphatic rings. The second kappa shape index (κ2) is 7.63. The number of methoxy groups -OCH3 is 2. The van der Waals surface area contributed by atoms with Crippen LogP contribution in [-0.2, 0) is 0 Å². The first-order chi connectivity index (χ1) is 13.9. The summed E-state index contributed by atoms with van der Waals surface area (Å²) < 4.78 is 10.8. The quantitative estimate of drug-likeness (QED) is 0.627. The molecule has 2 aromatic heterocycles. The summed E-state index contributed by atoms with van der Waals surface area (Å²) in [4.78, 5) is 26.2. The molecule has 0 radical (unpaired) electrons. The Morgan fingerprint density at radius 3 is 2.62 bits per heavy atom. The van der Waals surface area contributed by atoms with Gasteiger partial charge in [-0.2, -0.15) is 0 Å². The molecule has 1 amide bonds. The fourth-order valence-electron chi connectivity index (χ4n) is 4.22. The first kappa shape index (κ1) is 19.6. The molecule has 1 aliphatic heterocycles. The topological polar surface area (TPSA) is 64.5 Å². The molecule has 0 bridgehead atoms. The number of benzene rings is 1. The van der Waals surface area contributed by atoms with Crippen molar-refractivity contribution in [2.45, 2.75) is 39.7 Å². The zero-order valence-corrected chi connectivity index (χ0v) is 18.2. The van der Waals surface area contributed by atoms with Crippen LogP contribution in [0.1, 0.15) is 51.2 Å². The number of nitrogens with zero attached hydrogens (tertiary/aromatic N) is 3. The number of aromatic nitrogens is 2. The number of ether oxygens (including phenoxy) is 2. The van der Waals surface area contributed by atoms with E-state index in [2.05, 4.69) is 9.97 Å². The van der Waals surface area contributed by atoms with E-state index in [0.29, 0.717) is 11.5 Å². The Hall–Kier alpha value is -2.67. The molecule has 3 aromatic rings. The highest BCUT2D eigenvalue weighted by atomic mass is 32.1. The average Bonchev–Trinajstić information content (AvgIpc) is 3.31. The Morgan fingerprint density at radius 1 is 1.14 bits per heavy atom. The van der Waals surface area contributed by atoms with Crippen LogP contribution in [0.2, 0.25) is 0 Å². The molecule has 0 N–H and O–H groups in total. The number of amides is 1. The molecule has 1 aromatic carbocycles. The third-order valence-electron chi connectivity index (χ3n) is 5.58. The van der Waals surface area contributed by atoms with Crippen LogP contribution >= 0.6 is 11.3 Å². The molecule has 0 saturated carbocycles. The van der Waals surface area contributed by atoms with Gasteiger partial charge in [-0.1, -0.05) is 6.07 Å². The van der Waals surface area contributed by atoms with E-state index in [4.69, 9.17) is 9.47 Å². The van der Waals surface area contributed by atoms with Crippen molar-refractivity contribution in [1.82, 2.24) is 14.9 Å². The number of likely N-dealkylation sites (tertiary alicyclic amines) is 1. The number of fused-ring (bicyclic) bond motifs is 1. The lowest BCUT2D eigenvalue weighted by molar-refractivity contribution is 0.0740. The predicted molar refractivity (Wildman–Crippen MR) is 114 cm³/mol. The number of carbonyl (C=O) groups excluding carboxylic acids is 1. The van der Waals surface area contributed by atoms with Crippen LogP contribution in [-0.4, -0.2) is 41.5 Å². The summed E-state index contributed by atoms with van der Waals surface area (Å²) in [5, 5.41) is 1.01. The Kier molecular flexibility index (Phi) is 5.17. The van der Waals surface area contributed by atoms with Crippen molar-refractivity contribution >= 4 is 27.5 Å². The van der Waals surface area contributed by atoms with Gasteiger partial charge in [-0.05, 0) is 56.9 Å². The van der Waals surface area contributed by atoms with Crippen molar-refractivity contribution in [2.24, 2.45) is 0 Å². The number of rotatable bonds is 4. The first-order valence-corrected chi connectivity index (χ1v) is 10.5. The SMILES string of the molecule is COc1ccc([C@@H]2CCCN2C(=O)c2sc3nc(C)nc(C)c3c2C)cc1OC. The van der Waals surface area contributed by atoms with E-state index < -0.39 is 0 Å². The van der Waals surface area contributed by atoms with E-state index in [-0.39, 0.29) is 11.9 Å². The number of thiophene rings is 1. The molecule has 0 aliphatic carbocycles. The van der Waals surface area contributed by atoms with Crippen LogP contribution < -0.4 is 9.47 Å². The maximum atomic E-state index is 13.5. The molecule has 0 spiro atoms. The molecule has 29 heavy (non-hydrogen) atoms. The normalized spacial score (nSPS) is 16.4. The van der Waals surface area contributed by atoms with Crippen molar-refractivity contribution < 1.29 is 14.3 Å². The maximum absolute atomic E-state index is 13.5. The summed E-state index contributed by atoms with van der Waals surface area (Å²) in [5.41, 5.74) is 2.97. The lowest BCUT2D eigenvalue weighted by Gasteiger charge is -2.25. The van der Waals surface area contributed by atoms with E-state index in [1.165, 1.54) is 11.3 Å². The van der Waals surface area contributed by atoms with E-state index in [1.807, 2.05) is 43.9 Å². The van der Waals surface area contributed by atoms with Gasteiger partial charge in [-0.15, -0.1) is 11.3 Å². The fraction of sp³-hybridized carbons (Fsp3) is 0.409. The Morgan fingerprint density at radius 2 is 1.90 bits per heavy atom. The molecular formula is C22H25N3O3S. The van der Waals surface area contributed by atoms with Gasteiger partial charge in [0.05, 0.1) is 25.1 Å². The Bertz CT molecular complexity index is 1090. The molecule has 0 unspecified atom stereocenters. The summed E-state index contributed by atoms with van der Waals surface area (Å²) in [6.07, 6.45) is 1.91. The first-order valence-electron chi connectivity index (χ1n) is 9.71. The van der Waals surface area contributed by atoms with E-state index in [0.717, 1.165) is 57.1 Å². The van der Waals surface area contributed by atoms with Gasteiger partial charge in [0.15, 0.2) is 11.5 Å². The Balaban J connectivity index is 1.71. The minimum atomic E-state index is 0.0286. The second-order valence-corrected chi connectivity index (χ2v) is 8.36. The molecule has 1 fully saturated rings. The van der Waals surface area contributed by atoms with Crippen LogP contribution in [0.3, 0.4) is 0 Å². The van der Waals surface area contributed by atoms with Gasteiger partial charge in [0.25, 0.3) is 5.91 Å². The number of carbonyl (C=O) groups is 1. The zero-order valence-electron chi connectivity index (χ0n) is 17.4. The van der Waals surface area contributed by atoms with E-state index >= 15 is 0 Å². The minimum absolute atomic E-state index is 0.0286. The van der Waals surface area contributed by atoms with Gasteiger partial charge in [0.2, 0.25) is 0 Å². The summed E-state index contributed by atoms with van der Waals surface area (Å²) in [6.45, 7) is 6.61. The molecule has 1 atom stereocenters. The molecule has 3 heterocycles. The van der Waals surface area contributed by atoms with Crippen LogP contribution in [0, 0.1) is 20.8 Å². The van der Waals surface area contributed by atoms with Crippen molar-refractivity contribution in [3.63, 3.8) is 0 Å². The lowest BCUT2D eigenvalue weighted by Crippen LogP contribution is -2.30. The summed E-state index contributed by atoms with van der Waals surface area (Å²) >= 11 is 1.47. The summed E-state index contributed by atoms with van der Waals surface area (Å²) in [7, 11) is 3.25. The van der Waals surface area contributed by atoms with Gasteiger partial charge in [0.1, 0.15) is 10.7 Å². The van der Waals surface area contributed by atoms with Crippen LogP contribution in [0.4, 0.5) is 0 Å². The van der Waals surface area contributed by atoms with Crippen molar-refractivity contribution in [1.29, 1.82) is 0 Å². The van der Waals surface area contributed by atoms with Crippen LogP contribution in [0.15, 0.2) is 18.2 Å². The van der Waals surface area contributed by atoms with E-state index in [9.17, 15) is 4.79 Å². The van der Waals surface area contributed by atoms with E-state index in [1.54, 1.807) is 14.2 Å². The summed E-state index contributed by atoms with van der Waals surface area (Å²) in [6, 6.07) is 5.93. The molecule has 152 valence electrons. The van der Waals surface area contributed by atoms with Crippen molar-refractivity contribution in [3.8, 4) is 11.5 Å². The lowest BCUT2D eigenvalue weighted by atomic mass is 10.0. The van der Waals surface area contributed by atoms with Gasteiger partial charge >= 0.3 is 0 Å². The maximum Gasteiger partial charge on any atom is 0.264 e. The number of aryl methyl sites for hydroxylation is 3. The number of hydrogen-bond donors (Lipinski definition) is 0. The zero-order chi connectivity index (χ0) is 20.7. The third-order valence-corrected chi connectivity index (χ3v) is 6.76. The summed E-state index contributed by atoms with van der Waals surface area (Å²) in [5.74, 6) is 2.18. The smallest absolute Gasteiger partial charge is 0.264 e. The predicted octanol–water partition coefficient (Wildman–Crippen LogP) is 4.61. The highest BCUT2D eigenvalue weighted by Gasteiger charge is 2.33. The third kappa shape index (κ3) is 3.33. The monoisotopic (exact) mass is 411 g/mol. The highest BCUT2D eigenvalue weighted by Crippen LogP contribution is 2.39. The van der Waals surface area contributed by atoms with Crippen LogP contribution in [0.5, 0.6) is 11.5 Å². The van der Waals surface area contributed by atoms with Gasteiger partial charge in [-0.3, -0.25) is 4.79 Å². The standard InChI is InChI=1S/C22H25N3O3S/c1-12-19-13(2)23-14(3)24-21(19)29-20(12)22(26)25-10-6-7-16(25)15-8-9-17(27-4)18(11-15)28-5/h8-9,11,16H,6-7,10H2,1-5H3/t16-/m0/s1. The number of hydrogen-bond acceptors (Lipinski definition) is 6. The average molecular weight is 412 g/mol.